The lowest BCUT2D eigenvalue weighted by molar-refractivity contribution is -0.122. The Morgan fingerprint density at radius 1 is 1.35 bits per heavy atom. The van der Waals surface area contributed by atoms with Gasteiger partial charge in [0.15, 0.2) is 6.10 Å². The summed E-state index contributed by atoms with van der Waals surface area (Å²) in [6.45, 7) is 1.70. The van der Waals surface area contributed by atoms with Crippen LogP contribution in [0.2, 0.25) is 0 Å². The van der Waals surface area contributed by atoms with Crippen molar-refractivity contribution in [3.05, 3.63) is 39.6 Å². The van der Waals surface area contributed by atoms with Gasteiger partial charge in [0.1, 0.15) is 5.75 Å². The van der Waals surface area contributed by atoms with Crippen LogP contribution in [0.15, 0.2) is 24.3 Å². The number of ether oxygens (including phenoxy) is 1. The number of nitrogens with one attached hydrogen (secondary N) is 2. The molecule has 4 rings (SSSR count). The fourth-order valence-electron chi connectivity index (χ4n) is 2.92. The third-order valence-corrected chi connectivity index (χ3v) is 5.37. The molecular formula is C17H16N2O3S. The van der Waals surface area contributed by atoms with Gasteiger partial charge in [0.05, 0.1) is 10.6 Å². The summed E-state index contributed by atoms with van der Waals surface area (Å²) in [4.78, 5) is 26.1. The van der Waals surface area contributed by atoms with Gasteiger partial charge in [0.25, 0.3) is 11.8 Å². The average Bonchev–Trinajstić information content (AvgIpc) is 3.10. The third kappa shape index (κ3) is 2.59. The largest absolute Gasteiger partial charge is 0.479 e. The molecule has 118 valence electrons. The Morgan fingerprint density at radius 3 is 3.04 bits per heavy atom. The monoisotopic (exact) mass is 328 g/mol. The molecule has 2 amide bonds. The molecule has 2 aromatic rings. The van der Waals surface area contributed by atoms with Crippen molar-refractivity contribution in [2.75, 3.05) is 10.6 Å². The molecular weight excluding hydrogens is 312 g/mol. The first-order valence-electron chi connectivity index (χ1n) is 7.64. The van der Waals surface area contributed by atoms with Gasteiger partial charge in [-0.25, -0.2) is 0 Å². The van der Waals surface area contributed by atoms with Gasteiger partial charge in [-0.2, -0.15) is 0 Å². The lowest BCUT2D eigenvalue weighted by Crippen LogP contribution is -2.34. The number of fused-ring (bicyclic) bond motifs is 2. The molecule has 0 saturated heterocycles. The van der Waals surface area contributed by atoms with Crippen LogP contribution >= 0.6 is 11.3 Å². The number of benzene rings is 1. The van der Waals surface area contributed by atoms with Crippen molar-refractivity contribution < 1.29 is 14.3 Å². The zero-order valence-corrected chi connectivity index (χ0v) is 13.5. The van der Waals surface area contributed by atoms with Crippen molar-refractivity contribution in [3.8, 4) is 5.75 Å². The van der Waals surface area contributed by atoms with E-state index in [1.807, 2.05) is 6.07 Å². The predicted molar refractivity (Wildman–Crippen MR) is 89.5 cm³/mol. The summed E-state index contributed by atoms with van der Waals surface area (Å²) in [6, 6.07) is 7.25. The summed E-state index contributed by atoms with van der Waals surface area (Å²) >= 11 is 1.57. The van der Waals surface area contributed by atoms with Crippen LogP contribution < -0.4 is 15.4 Å². The van der Waals surface area contributed by atoms with Gasteiger partial charge in [-0.3, -0.25) is 9.59 Å². The quantitative estimate of drug-likeness (QED) is 0.889. The van der Waals surface area contributed by atoms with E-state index in [1.54, 1.807) is 36.5 Å². The van der Waals surface area contributed by atoms with Crippen molar-refractivity contribution in [1.29, 1.82) is 0 Å². The van der Waals surface area contributed by atoms with Gasteiger partial charge in [0, 0.05) is 10.6 Å². The summed E-state index contributed by atoms with van der Waals surface area (Å²) in [6.07, 6.45) is 2.83. The summed E-state index contributed by atoms with van der Waals surface area (Å²) in [5, 5.41) is 5.67. The van der Waals surface area contributed by atoms with Crippen LogP contribution in [0, 0.1) is 0 Å². The van der Waals surface area contributed by atoms with Crippen LogP contribution in [-0.4, -0.2) is 17.9 Å². The van der Waals surface area contributed by atoms with Crippen molar-refractivity contribution in [2.45, 2.75) is 32.3 Å². The van der Waals surface area contributed by atoms with Crippen LogP contribution in [0.5, 0.6) is 5.75 Å². The van der Waals surface area contributed by atoms with E-state index < -0.39 is 6.10 Å². The molecule has 1 atom stereocenters. The molecule has 1 unspecified atom stereocenters. The van der Waals surface area contributed by atoms with Crippen molar-refractivity contribution >= 4 is 34.5 Å². The molecule has 2 N–H and O–H groups in total. The lowest BCUT2D eigenvalue weighted by atomic mass is 10.2. The van der Waals surface area contributed by atoms with Gasteiger partial charge in [-0.05, 0) is 56.0 Å². The second kappa shape index (κ2) is 5.38. The minimum atomic E-state index is -0.503. The molecule has 5 nitrogen and oxygen atoms in total. The van der Waals surface area contributed by atoms with Crippen LogP contribution in [0.1, 0.15) is 33.5 Å². The fourth-order valence-corrected chi connectivity index (χ4v) is 4.07. The van der Waals surface area contributed by atoms with Gasteiger partial charge in [-0.1, -0.05) is 0 Å². The van der Waals surface area contributed by atoms with E-state index in [0.717, 1.165) is 17.7 Å². The van der Waals surface area contributed by atoms with Crippen molar-refractivity contribution in [3.63, 3.8) is 0 Å². The van der Waals surface area contributed by atoms with Crippen LogP contribution in [0.4, 0.5) is 11.4 Å². The number of carbonyl (C=O) groups excluding carboxylic acids is 2. The van der Waals surface area contributed by atoms with E-state index in [1.165, 1.54) is 16.9 Å². The smallest absolute Gasteiger partial charge is 0.265 e. The number of hydrogen-bond acceptors (Lipinski definition) is 4. The zero-order valence-electron chi connectivity index (χ0n) is 12.6. The topological polar surface area (TPSA) is 67.4 Å². The van der Waals surface area contributed by atoms with Crippen molar-refractivity contribution in [1.82, 2.24) is 0 Å². The summed E-state index contributed by atoms with van der Waals surface area (Å²) in [5.41, 5.74) is 2.53. The number of thiophene rings is 1. The SMILES string of the molecule is CC1Oc2ccc(NC(=O)c3cc4c(s3)CCC4)cc2NC1=O. The van der Waals surface area contributed by atoms with Crippen LogP contribution in [0.25, 0.3) is 0 Å². The molecule has 0 bridgehead atoms. The van der Waals surface area contributed by atoms with E-state index in [9.17, 15) is 9.59 Å². The fraction of sp³-hybridized carbons (Fsp3) is 0.294. The predicted octanol–water partition coefficient (Wildman–Crippen LogP) is 3.21. The van der Waals surface area contributed by atoms with E-state index in [-0.39, 0.29) is 11.8 Å². The minimum absolute atomic E-state index is 0.110. The molecule has 1 aromatic heterocycles. The zero-order chi connectivity index (χ0) is 16.0. The second-order valence-corrected chi connectivity index (χ2v) is 6.96. The van der Waals surface area contributed by atoms with Gasteiger partial charge in [0.2, 0.25) is 0 Å². The maximum Gasteiger partial charge on any atom is 0.265 e. The Hall–Kier alpha value is -2.34. The average molecular weight is 328 g/mol. The number of aryl methyl sites for hydroxylation is 2. The van der Waals surface area contributed by atoms with Crippen LogP contribution in [-0.2, 0) is 17.6 Å². The molecule has 0 fully saturated rings. The molecule has 2 aliphatic rings. The lowest BCUT2D eigenvalue weighted by Gasteiger charge is -2.23. The Balaban J connectivity index is 1.53. The molecule has 0 spiro atoms. The summed E-state index contributed by atoms with van der Waals surface area (Å²) in [7, 11) is 0. The second-order valence-electron chi connectivity index (χ2n) is 5.83. The Morgan fingerprint density at radius 2 is 2.22 bits per heavy atom. The number of amides is 2. The molecule has 6 heteroatoms. The molecule has 0 saturated carbocycles. The molecule has 1 aliphatic carbocycles. The molecule has 23 heavy (non-hydrogen) atoms. The van der Waals surface area contributed by atoms with Gasteiger partial charge in [-0.15, -0.1) is 11.3 Å². The Kier molecular flexibility index (Phi) is 3.34. The highest BCUT2D eigenvalue weighted by molar-refractivity contribution is 7.14. The first kappa shape index (κ1) is 14.3. The number of carbonyl (C=O) groups is 2. The first-order chi connectivity index (χ1) is 11.1. The van der Waals surface area contributed by atoms with Gasteiger partial charge < -0.3 is 15.4 Å². The molecule has 1 aromatic carbocycles. The molecule has 0 radical (unpaired) electrons. The maximum absolute atomic E-state index is 12.4. The Labute approximate surface area is 137 Å². The number of hydrogen-bond donors (Lipinski definition) is 2. The summed E-state index contributed by atoms with van der Waals surface area (Å²) < 4.78 is 5.51. The Bertz CT molecular complexity index is 791. The normalized spacial score (nSPS) is 18.7. The van der Waals surface area contributed by atoms with Gasteiger partial charge >= 0.3 is 0 Å². The maximum atomic E-state index is 12.4. The van der Waals surface area contributed by atoms with E-state index in [0.29, 0.717) is 17.1 Å². The van der Waals surface area contributed by atoms with E-state index >= 15 is 0 Å². The highest BCUT2D eigenvalue weighted by Crippen LogP contribution is 2.33. The van der Waals surface area contributed by atoms with E-state index in [4.69, 9.17) is 4.74 Å². The molecule has 2 heterocycles. The number of rotatable bonds is 2. The minimum Gasteiger partial charge on any atom is -0.479 e. The standard InChI is InChI=1S/C17H16N2O3S/c1-9-16(20)19-12-8-11(5-6-13(12)22-9)18-17(21)15-7-10-3-2-4-14(10)23-15/h5-9H,2-4H2,1H3,(H,18,21)(H,19,20). The van der Waals surface area contributed by atoms with Crippen LogP contribution in [0.3, 0.4) is 0 Å². The number of anilines is 2. The highest BCUT2D eigenvalue weighted by atomic mass is 32.1. The summed E-state index contributed by atoms with van der Waals surface area (Å²) in [5.74, 6) is 0.321. The first-order valence-corrected chi connectivity index (χ1v) is 8.46. The van der Waals surface area contributed by atoms with Crippen molar-refractivity contribution in [2.24, 2.45) is 0 Å². The van der Waals surface area contributed by atoms with E-state index in [2.05, 4.69) is 10.6 Å². The molecule has 1 aliphatic heterocycles. The highest BCUT2D eigenvalue weighted by Gasteiger charge is 2.24. The third-order valence-electron chi connectivity index (χ3n) is 4.14.